The summed E-state index contributed by atoms with van der Waals surface area (Å²) in [5, 5.41) is 7.00. The molecule has 338 valence electrons. The fourth-order valence-electron chi connectivity index (χ4n) is 12.6. The number of pyridine rings is 2. The van der Waals surface area contributed by atoms with Crippen molar-refractivity contribution in [3.05, 3.63) is 264 Å². The average Bonchev–Trinajstić information content (AvgIpc) is 4.17. The topological polar surface area (TPSA) is 54.2 Å². The lowest BCUT2D eigenvalue weighted by Crippen LogP contribution is -2.32. The Kier molecular flexibility index (Phi) is 8.04. The van der Waals surface area contributed by atoms with Gasteiger partial charge < -0.3 is 18.4 Å². The predicted octanol–water partition coefficient (Wildman–Crippen LogP) is 16.5. The summed E-state index contributed by atoms with van der Waals surface area (Å²) in [7, 11) is 0. The molecule has 0 saturated heterocycles. The van der Waals surface area contributed by atoms with Crippen LogP contribution < -0.4 is 4.74 Å². The van der Waals surface area contributed by atoms with Crippen LogP contribution in [-0.4, -0.2) is 23.7 Å². The molecular weight excluding hydrogens is 893 g/mol. The van der Waals surface area contributed by atoms with Gasteiger partial charge in [0.1, 0.15) is 11.5 Å². The zero-order valence-corrected chi connectivity index (χ0v) is 39.0. The quantitative estimate of drug-likeness (QED) is 0.165. The lowest BCUT2D eigenvalue weighted by atomic mass is 9.66. The van der Waals surface area contributed by atoms with Crippen LogP contribution in [0.2, 0.25) is 0 Å². The molecule has 0 fully saturated rings. The summed E-state index contributed by atoms with van der Waals surface area (Å²) in [6.07, 6.45) is 3.73. The van der Waals surface area contributed by atoms with Crippen molar-refractivity contribution in [3.63, 3.8) is 0 Å². The van der Waals surface area contributed by atoms with E-state index in [9.17, 15) is 0 Å². The van der Waals surface area contributed by atoms with Gasteiger partial charge in [0.15, 0.2) is 5.69 Å². The molecule has 9 aromatic carbocycles. The highest BCUT2D eigenvalue weighted by atomic mass is 16.5. The number of aromatic nitrogens is 5. The Morgan fingerprint density at radius 1 is 0.356 bits per heavy atom. The Hall–Kier alpha value is -10.0. The van der Waals surface area contributed by atoms with E-state index in [1.807, 2.05) is 36.7 Å². The van der Waals surface area contributed by atoms with Gasteiger partial charge in [-0.2, -0.15) is 0 Å². The van der Waals surface area contributed by atoms with Crippen molar-refractivity contribution in [3.8, 4) is 51.1 Å². The third kappa shape index (κ3) is 5.36. The second kappa shape index (κ2) is 14.8. The van der Waals surface area contributed by atoms with Gasteiger partial charge in [0.2, 0.25) is 0 Å². The van der Waals surface area contributed by atoms with E-state index < -0.39 is 5.41 Å². The van der Waals surface area contributed by atoms with Gasteiger partial charge in [0, 0.05) is 67.5 Å². The number of hydrogen-bond acceptors (Lipinski definition) is 3. The lowest BCUT2D eigenvalue weighted by molar-refractivity contribution is 0.436. The Labute approximate surface area is 418 Å². The molecule has 0 radical (unpaired) electrons. The fourth-order valence-corrected chi connectivity index (χ4v) is 12.6. The van der Waals surface area contributed by atoms with Crippen LogP contribution in [0.15, 0.2) is 231 Å². The van der Waals surface area contributed by atoms with Gasteiger partial charge in [-0.1, -0.05) is 115 Å². The molecule has 7 nitrogen and oxygen atoms in total. The molecule has 14 aromatic rings. The number of rotatable bonds is 4. The van der Waals surface area contributed by atoms with Crippen molar-refractivity contribution < 1.29 is 4.74 Å². The zero-order chi connectivity index (χ0) is 47.9. The third-order valence-corrected chi connectivity index (χ3v) is 15.6. The highest BCUT2D eigenvalue weighted by molar-refractivity contribution is 6.12. The summed E-state index contributed by atoms with van der Waals surface area (Å²) in [4.78, 5) is 13.8. The summed E-state index contributed by atoms with van der Waals surface area (Å²) in [6, 6.07) is 78.1. The van der Waals surface area contributed by atoms with Crippen LogP contribution in [0.4, 0.5) is 5.69 Å². The third-order valence-electron chi connectivity index (χ3n) is 15.6. The molecule has 1 aliphatic carbocycles. The number of para-hydroxylation sites is 4. The van der Waals surface area contributed by atoms with Crippen LogP contribution in [-0.2, 0) is 5.41 Å². The Morgan fingerprint density at radius 3 is 1.44 bits per heavy atom. The maximum atomic E-state index is 7.78. The second-order valence-corrected chi connectivity index (χ2v) is 19.2. The van der Waals surface area contributed by atoms with Crippen molar-refractivity contribution in [1.82, 2.24) is 23.7 Å². The molecule has 7 heteroatoms. The van der Waals surface area contributed by atoms with Crippen LogP contribution in [0.25, 0.3) is 110 Å². The SMILES string of the molecule is [C-]#[N+]c1ccc2c(c1)c1ccccc1n2-c1ccc2c(c1)C1(c3ccc(-c4ccc5c(c4)c4ccccc4n5-c4cccc(-n5c6ccccc6c6ccccc65)c4)cc3O2)c2cccnc2-c2ncccc21. The molecule has 0 bridgehead atoms. The maximum Gasteiger partial charge on any atom is 0.188 e. The lowest BCUT2D eigenvalue weighted by Gasteiger charge is -2.39. The minimum atomic E-state index is -0.786. The first-order chi connectivity index (χ1) is 36.2. The number of fused-ring (bicyclic) bond motifs is 18. The molecule has 0 saturated carbocycles. The van der Waals surface area contributed by atoms with Gasteiger partial charge in [-0.05, 0) is 131 Å². The first kappa shape index (κ1) is 39.8. The molecule has 6 heterocycles. The van der Waals surface area contributed by atoms with Gasteiger partial charge >= 0.3 is 0 Å². The number of hydrogen-bond donors (Lipinski definition) is 0. The molecule has 0 atom stereocenters. The van der Waals surface area contributed by atoms with E-state index in [2.05, 4.69) is 213 Å². The van der Waals surface area contributed by atoms with Crippen molar-refractivity contribution in [2.75, 3.05) is 0 Å². The van der Waals surface area contributed by atoms with E-state index >= 15 is 0 Å². The van der Waals surface area contributed by atoms with E-state index in [0.717, 1.165) is 106 Å². The fraction of sp³-hybridized carbons (Fsp3) is 0.0152. The van der Waals surface area contributed by atoms with E-state index in [4.69, 9.17) is 21.3 Å². The molecule has 5 aromatic heterocycles. The monoisotopic (exact) mass is 930 g/mol. The van der Waals surface area contributed by atoms with Gasteiger partial charge in [0.25, 0.3) is 0 Å². The maximum absolute atomic E-state index is 7.78. The molecule has 0 N–H and O–H groups in total. The average molecular weight is 931 g/mol. The van der Waals surface area contributed by atoms with Gasteiger partial charge in [-0.3, -0.25) is 9.97 Å². The van der Waals surface area contributed by atoms with Crippen LogP contribution in [0, 0.1) is 6.57 Å². The molecule has 1 aliphatic heterocycles. The number of ether oxygens (including phenoxy) is 1. The summed E-state index contributed by atoms with van der Waals surface area (Å²) in [5.41, 5.74) is 17.9. The van der Waals surface area contributed by atoms with Gasteiger partial charge in [-0.15, -0.1) is 0 Å². The minimum absolute atomic E-state index is 0.618. The highest BCUT2D eigenvalue weighted by Gasteiger charge is 2.52. The van der Waals surface area contributed by atoms with Crippen LogP contribution in [0.1, 0.15) is 22.3 Å². The normalized spacial score (nSPS) is 13.1. The van der Waals surface area contributed by atoms with Crippen molar-refractivity contribution in [2.45, 2.75) is 5.41 Å². The van der Waals surface area contributed by atoms with Crippen molar-refractivity contribution in [2.24, 2.45) is 0 Å². The molecule has 1 spiro atoms. The zero-order valence-electron chi connectivity index (χ0n) is 39.0. The molecule has 2 aliphatic rings. The summed E-state index contributed by atoms with van der Waals surface area (Å²) >= 11 is 0. The molecule has 0 amide bonds. The minimum Gasteiger partial charge on any atom is -0.457 e. The van der Waals surface area contributed by atoms with Crippen molar-refractivity contribution >= 4 is 71.1 Å². The smallest absolute Gasteiger partial charge is 0.188 e. The Bertz CT molecular complexity index is 4660. The van der Waals surface area contributed by atoms with Crippen LogP contribution >= 0.6 is 0 Å². The van der Waals surface area contributed by atoms with E-state index in [0.29, 0.717) is 5.69 Å². The number of benzene rings is 9. The summed E-state index contributed by atoms with van der Waals surface area (Å²) in [5.74, 6) is 1.56. The first-order valence-electron chi connectivity index (χ1n) is 24.6. The Balaban J connectivity index is 0.864. The predicted molar refractivity (Wildman–Crippen MR) is 294 cm³/mol. The molecule has 16 rings (SSSR count). The summed E-state index contributed by atoms with van der Waals surface area (Å²) < 4.78 is 14.3. The molecular formula is C66H38N6O. The van der Waals surface area contributed by atoms with E-state index in [-0.39, 0.29) is 0 Å². The number of nitrogens with zero attached hydrogens (tertiary/aromatic N) is 6. The highest BCUT2D eigenvalue weighted by Crippen LogP contribution is 2.62. The molecule has 73 heavy (non-hydrogen) atoms. The second-order valence-electron chi connectivity index (χ2n) is 19.2. The summed E-state index contributed by atoms with van der Waals surface area (Å²) in [6.45, 7) is 7.78. The first-order valence-corrected chi connectivity index (χ1v) is 24.6. The largest absolute Gasteiger partial charge is 0.457 e. The van der Waals surface area contributed by atoms with E-state index in [1.54, 1.807) is 0 Å². The standard InChI is InChI=1S/C66H38N6O/c1-67-42-27-31-61-51(37-42)49-18-5-9-24-59(49)72(61)45-28-32-62-55(39-45)66(53-19-11-33-68-64(53)65-54(66)20-12-34-69-65)52-29-25-41(36-63(52)73-62)40-26-30-60-50(35-40)48-17-4-8-23-58(48)71(60)44-14-10-13-43(38-44)70-56-21-6-2-15-46(56)47-16-3-7-22-57(47)70/h2-39H. The van der Waals surface area contributed by atoms with Gasteiger partial charge in [0.05, 0.1) is 56.5 Å². The van der Waals surface area contributed by atoms with E-state index in [1.165, 1.54) is 32.6 Å². The molecule has 0 unspecified atom stereocenters. The Morgan fingerprint density at radius 2 is 0.849 bits per heavy atom. The van der Waals surface area contributed by atoms with Crippen LogP contribution in [0.3, 0.4) is 0 Å². The van der Waals surface area contributed by atoms with Gasteiger partial charge in [-0.25, -0.2) is 4.85 Å². The van der Waals surface area contributed by atoms with Crippen molar-refractivity contribution in [1.29, 1.82) is 0 Å². The van der Waals surface area contributed by atoms with Crippen LogP contribution in [0.5, 0.6) is 11.5 Å².